The number of carbonyl (C=O) groups excluding carboxylic acids is 3. The van der Waals surface area contributed by atoms with E-state index in [1.54, 1.807) is 37.5 Å². The van der Waals surface area contributed by atoms with Crippen LogP contribution in [0.5, 0.6) is 11.5 Å². The minimum atomic E-state index is -0.509. The smallest absolute Gasteiger partial charge is 0.294 e. The first kappa shape index (κ1) is 27.3. The average Bonchev–Trinajstić information content (AvgIpc) is 3.12. The van der Waals surface area contributed by atoms with Crippen LogP contribution in [0.1, 0.15) is 45.7 Å². The van der Waals surface area contributed by atoms with E-state index in [-0.39, 0.29) is 17.0 Å². The molecule has 0 spiro atoms. The van der Waals surface area contributed by atoms with Crippen LogP contribution in [0.4, 0.5) is 16.2 Å². The number of amides is 3. The van der Waals surface area contributed by atoms with Crippen molar-refractivity contribution in [2.24, 2.45) is 0 Å². The second kappa shape index (κ2) is 10.9. The van der Waals surface area contributed by atoms with Gasteiger partial charge in [0.05, 0.1) is 24.2 Å². The summed E-state index contributed by atoms with van der Waals surface area (Å²) in [5, 5.41) is 2.23. The number of imide groups is 1. The SMILES string of the molecule is CCOc1ccc(NC(=O)CN2C(=O)S/C(=C/c3cc4c(cc3OC)N(CC)C(C)(C)C=C4C)C2=O)cc1. The van der Waals surface area contributed by atoms with Gasteiger partial charge in [-0.15, -0.1) is 0 Å². The van der Waals surface area contributed by atoms with Crippen LogP contribution in [0.3, 0.4) is 0 Å². The van der Waals surface area contributed by atoms with E-state index in [0.29, 0.717) is 29.4 Å². The van der Waals surface area contributed by atoms with Gasteiger partial charge in [-0.05, 0) is 88.4 Å². The highest BCUT2D eigenvalue weighted by atomic mass is 32.2. The Bertz CT molecular complexity index is 1330. The number of methoxy groups -OCH3 is 1. The molecule has 200 valence electrons. The molecule has 8 nitrogen and oxygen atoms in total. The Morgan fingerprint density at radius 2 is 1.84 bits per heavy atom. The van der Waals surface area contributed by atoms with Gasteiger partial charge < -0.3 is 19.7 Å². The Morgan fingerprint density at radius 3 is 2.47 bits per heavy atom. The monoisotopic (exact) mass is 535 g/mol. The number of hydrogen-bond donors (Lipinski definition) is 1. The predicted octanol–water partition coefficient (Wildman–Crippen LogP) is 5.79. The van der Waals surface area contributed by atoms with Gasteiger partial charge in [-0.1, -0.05) is 6.08 Å². The molecule has 0 radical (unpaired) electrons. The standard InChI is InChI=1S/C29H33N3O5S/c1-7-32-23-15-24(36-6)19(13-22(23)18(3)16-29(32,4)5)14-25-27(34)31(28(35)38-25)17-26(33)30-20-9-11-21(12-10-20)37-8-2/h9-16H,7-8,17H2,1-6H3,(H,30,33)/b25-14+. The van der Waals surface area contributed by atoms with Crippen molar-refractivity contribution in [2.45, 2.75) is 40.2 Å². The summed E-state index contributed by atoms with van der Waals surface area (Å²) in [7, 11) is 1.59. The van der Waals surface area contributed by atoms with Crippen molar-refractivity contribution >= 4 is 51.8 Å². The molecule has 38 heavy (non-hydrogen) atoms. The van der Waals surface area contributed by atoms with Gasteiger partial charge in [0.2, 0.25) is 5.91 Å². The molecule has 0 unspecified atom stereocenters. The molecule has 0 bridgehead atoms. The first-order valence-electron chi connectivity index (χ1n) is 12.6. The molecule has 1 fully saturated rings. The number of allylic oxidation sites excluding steroid dienone is 1. The minimum absolute atomic E-state index is 0.146. The number of carbonyl (C=O) groups is 3. The van der Waals surface area contributed by atoms with E-state index in [2.05, 4.69) is 44.0 Å². The number of likely N-dealkylation sites (N-methyl/N-ethyl adjacent to an activating group) is 1. The lowest BCUT2D eigenvalue weighted by Crippen LogP contribution is -2.44. The summed E-state index contributed by atoms with van der Waals surface area (Å²) in [4.78, 5) is 41.9. The molecule has 3 amide bonds. The van der Waals surface area contributed by atoms with Gasteiger partial charge in [0.15, 0.2) is 0 Å². The van der Waals surface area contributed by atoms with Crippen molar-refractivity contribution < 1.29 is 23.9 Å². The molecule has 2 aliphatic rings. The zero-order chi connectivity index (χ0) is 27.6. The lowest BCUT2D eigenvalue weighted by Gasteiger charge is -2.43. The Labute approximate surface area is 227 Å². The summed E-state index contributed by atoms with van der Waals surface area (Å²) in [5.41, 5.74) is 4.34. The lowest BCUT2D eigenvalue weighted by atomic mass is 9.87. The van der Waals surface area contributed by atoms with Crippen LogP contribution in [0, 0.1) is 0 Å². The number of rotatable bonds is 8. The van der Waals surface area contributed by atoms with Gasteiger partial charge in [-0.25, -0.2) is 0 Å². The van der Waals surface area contributed by atoms with Crippen LogP contribution in [-0.4, -0.2) is 54.3 Å². The molecule has 0 saturated carbocycles. The van der Waals surface area contributed by atoms with Gasteiger partial charge in [0.1, 0.15) is 18.0 Å². The van der Waals surface area contributed by atoms with Crippen molar-refractivity contribution in [3.63, 3.8) is 0 Å². The second-order valence-electron chi connectivity index (χ2n) is 9.61. The molecule has 2 aromatic carbocycles. The minimum Gasteiger partial charge on any atom is -0.496 e. The van der Waals surface area contributed by atoms with E-state index >= 15 is 0 Å². The van der Waals surface area contributed by atoms with Crippen LogP contribution < -0.4 is 19.7 Å². The number of fused-ring (bicyclic) bond motifs is 1. The number of nitrogens with one attached hydrogen (secondary N) is 1. The van der Waals surface area contributed by atoms with Crippen LogP contribution >= 0.6 is 11.8 Å². The molecular formula is C29H33N3O5S. The molecule has 0 aliphatic carbocycles. The highest BCUT2D eigenvalue weighted by Crippen LogP contribution is 2.43. The fourth-order valence-electron chi connectivity index (χ4n) is 4.91. The Balaban J connectivity index is 1.55. The summed E-state index contributed by atoms with van der Waals surface area (Å²) in [6, 6.07) is 10.9. The number of ether oxygens (including phenoxy) is 2. The first-order chi connectivity index (χ1) is 18.1. The number of anilines is 2. The molecule has 1 N–H and O–H groups in total. The van der Waals surface area contributed by atoms with Crippen molar-refractivity contribution in [1.29, 1.82) is 0 Å². The predicted molar refractivity (Wildman–Crippen MR) is 153 cm³/mol. The van der Waals surface area contributed by atoms with Gasteiger partial charge in [-0.3, -0.25) is 19.3 Å². The molecule has 1 saturated heterocycles. The van der Waals surface area contributed by atoms with Crippen LogP contribution in [0.15, 0.2) is 47.4 Å². The van der Waals surface area contributed by atoms with Crippen molar-refractivity contribution in [3.8, 4) is 11.5 Å². The molecule has 4 rings (SSSR count). The highest BCUT2D eigenvalue weighted by Gasteiger charge is 2.37. The summed E-state index contributed by atoms with van der Waals surface area (Å²) in [6.07, 6.45) is 3.89. The van der Waals surface area contributed by atoms with Gasteiger partial charge in [-0.2, -0.15) is 0 Å². The normalized spacial score (nSPS) is 17.4. The van der Waals surface area contributed by atoms with Gasteiger partial charge >= 0.3 is 0 Å². The number of benzene rings is 2. The van der Waals surface area contributed by atoms with E-state index in [9.17, 15) is 14.4 Å². The Hall–Kier alpha value is -3.72. The molecule has 0 aromatic heterocycles. The quantitative estimate of drug-likeness (QED) is 0.428. The molecular weight excluding hydrogens is 502 g/mol. The third-order valence-electron chi connectivity index (χ3n) is 6.56. The zero-order valence-corrected chi connectivity index (χ0v) is 23.4. The van der Waals surface area contributed by atoms with E-state index in [1.165, 1.54) is 0 Å². The van der Waals surface area contributed by atoms with Crippen molar-refractivity contribution in [2.75, 3.05) is 37.0 Å². The second-order valence-corrected chi connectivity index (χ2v) is 10.6. The summed E-state index contributed by atoms with van der Waals surface area (Å²) < 4.78 is 11.1. The number of nitrogens with zero attached hydrogens (tertiary/aromatic N) is 2. The summed E-state index contributed by atoms with van der Waals surface area (Å²) in [6.45, 7) is 11.4. The average molecular weight is 536 g/mol. The van der Waals surface area contributed by atoms with Crippen LogP contribution in [0.25, 0.3) is 11.6 Å². The maximum atomic E-state index is 13.1. The topological polar surface area (TPSA) is 88.2 Å². The third-order valence-corrected chi connectivity index (χ3v) is 7.46. The van der Waals surface area contributed by atoms with E-state index in [0.717, 1.165) is 40.0 Å². The molecule has 2 heterocycles. The molecule has 2 aliphatic heterocycles. The maximum Gasteiger partial charge on any atom is 0.294 e. The van der Waals surface area contributed by atoms with Gasteiger partial charge in [0, 0.05) is 35.1 Å². The summed E-state index contributed by atoms with van der Waals surface area (Å²) in [5.74, 6) is 0.320. The lowest BCUT2D eigenvalue weighted by molar-refractivity contribution is -0.127. The van der Waals surface area contributed by atoms with Crippen molar-refractivity contribution in [3.05, 3.63) is 58.5 Å². The zero-order valence-electron chi connectivity index (χ0n) is 22.6. The van der Waals surface area contributed by atoms with Crippen LogP contribution in [-0.2, 0) is 9.59 Å². The number of hydrogen-bond acceptors (Lipinski definition) is 7. The number of thioether (sulfide) groups is 1. The highest BCUT2D eigenvalue weighted by molar-refractivity contribution is 8.18. The van der Waals surface area contributed by atoms with Crippen LogP contribution in [0.2, 0.25) is 0 Å². The maximum absolute atomic E-state index is 13.1. The summed E-state index contributed by atoms with van der Waals surface area (Å²) >= 11 is 0.816. The van der Waals surface area contributed by atoms with Crippen molar-refractivity contribution in [1.82, 2.24) is 4.90 Å². The Morgan fingerprint density at radius 1 is 1.13 bits per heavy atom. The Kier molecular flexibility index (Phi) is 7.87. The van der Waals surface area contributed by atoms with E-state index < -0.39 is 17.1 Å². The van der Waals surface area contributed by atoms with E-state index in [1.807, 2.05) is 19.1 Å². The van der Waals surface area contributed by atoms with Gasteiger partial charge in [0.25, 0.3) is 11.1 Å². The molecule has 2 aromatic rings. The molecule has 0 atom stereocenters. The third kappa shape index (κ3) is 5.43. The largest absolute Gasteiger partial charge is 0.496 e. The fourth-order valence-corrected chi connectivity index (χ4v) is 5.74. The molecule has 9 heteroatoms. The fraction of sp³-hybridized carbons (Fsp3) is 0.345. The van der Waals surface area contributed by atoms with E-state index in [4.69, 9.17) is 9.47 Å². The first-order valence-corrected chi connectivity index (χ1v) is 13.4.